The number of nitrogens with zero attached hydrogens (tertiary/aromatic N) is 5. The largest absolute Gasteiger partial charge is 0.464 e. The maximum Gasteiger partial charge on any atom is 0.323 e. The Morgan fingerprint density at radius 3 is 2.68 bits per heavy atom. The van der Waals surface area contributed by atoms with E-state index in [-0.39, 0.29) is 0 Å². The van der Waals surface area contributed by atoms with Crippen LogP contribution in [0.15, 0.2) is 12.4 Å². The molecule has 2 heterocycles. The summed E-state index contributed by atoms with van der Waals surface area (Å²) in [7, 11) is 3.62. The Bertz CT molecular complexity index is 540. The van der Waals surface area contributed by atoms with Crippen molar-refractivity contribution in [2.45, 2.75) is 13.5 Å². The SMILES string of the molecule is CCOc1nc(NC)nc(NCc2cnn(C)c2)n1. The summed E-state index contributed by atoms with van der Waals surface area (Å²) in [5, 5.41) is 10.1. The molecule has 0 aliphatic rings. The minimum absolute atomic E-state index is 0.301. The molecule has 102 valence electrons. The highest BCUT2D eigenvalue weighted by Gasteiger charge is 2.06. The van der Waals surface area contributed by atoms with Crippen molar-refractivity contribution in [1.29, 1.82) is 0 Å². The van der Waals surface area contributed by atoms with Crippen molar-refractivity contribution >= 4 is 11.9 Å². The third-order valence-corrected chi connectivity index (χ3v) is 2.32. The second kappa shape index (κ2) is 5.98. The fourth-order valence-corrected chi connectivity index (χ4v) is 1.49. The number of aryl methyl sites for hydroxylation is 1. The molecule has 0 amide bonds. The number of rotatable bonds is 6. The summed E-state index contributed by atoms with van der Waals surface area (Å²) in [5.74, 6) is 0.929. The molecule has 0 fully saturated rings. The fourth-order valence-electron chi connectivity index (χ4n) is 1.49. The molecule has 0 bridgehead atoms. The monoisotopic (exact) mass is 263 g/mol. The maximum atomic E-state index is 5.29. The first-order valence-electron chi connectivity index (χ1n) is 5.99. The van der Waals surface area contributed by atoms with Crippen LogP contribution in [0.1, 0.15) is 12.5 Å². The predicted molar refractivity (Wildman–Crippen MR) is 71.1 cm³/mol. The topological polar surface area (TPSA) is 89.8 Å². The Hall–Kier alpha value is -2.38. The van der Waals surface area contributed by atoms with Gasteiger partial charge in [-0.1, -0.05) is 0 Å². The number of anilines is 2. The number of hydrogen-bond donors (Lipinski definition) is 2. The van der Waals surface area contributed by atoms with Crippen LogP contribution in [0, 0.1) is 0 Å². The zero-order chi connectivity index (χ0) is 13.7. The Balaban J connectivity index is 2.08. The molecule has 0 aromatic carbocycles. The molecule has 0 aliphatic carbocycles. The molecule has 0 unspecified atom stereocenters. The molecule has 0 aliphatic heterocycles. The normalized spacial score (nSPS) is 10.3. The summed E-state index contributed by atoms with van der Waals surface area (Å²) < 4.78 is 7.03. The zero-order valence-electron chi connectivity index (χ0n) is 11.2. The Morgan fingerprint density at radius 1 is 1.26 bits per heavy atom. The molecule has 2 rings (SSSR count). The van der Waals surface area contributed by atoms with Gasteiger partial charge in [-0.25, -0.2) is 0 Å². The molecule has 8 nitrogen and oxygen atoms in total. The zero-order valence-corrected chi connectivity index (χ0v) is 11.2. The molecule has 0 spiro atoms. The van der Waals surface area contributed by atoms with Gasteiger partial charge in [0.1, 0.15) is 0 Å². The van der Waals surface area contributed by atoms with Crippen LogP contribution in [0.4, 0.5) is 11.9 Å². The van der Waals surface area contributed by atoms with Crippen LogP contribution in [-0.2, 0) is 13.6 Å². The van der Waals surface area contributed by atoms with Crippen molar-refractivity contribution in [3.05, 3.63) is 18.0 Å². The van der Waals surface area contributed by atoms with Gasteiger partial charge >= 0.3 is 6.01 Å². The van der Waals surface area contributed by atoms with Crippen molar-refractivity contribution in [2.24, 2.45) is 7.05 Å². The van der Waals surface area contributed by atoms with Gasteiger partial charge in [0.05, 0.1) is 12.8 Å². The second-order valence-electron chi connectivity index (χ2n) is 3.82. The van der Waals surface area contributed by atoms with Crippen molar-refractivity contribution < 1.29 is 4.74 Å². The van der Waals surface area contributed by atoms with Gasteiger partial charge in [0.25, 0.3) is 0 Å². The highest BCUT2D eigenvalue weighted by atomic mass is 16.5. The Labute approximate surface area is 111 Å². The lowest BCUT2D eigenvalue weighted by Gasteiger charge is -2.07. The number of ether oxygens (including phenoxy) is 1. The molecule has 2 aromatic rings. The molecular weight excluding hydrogens is 246 g/mol. The number of hydrogen-bond acceptors (Lipinski definition) is 7. The van der Waals surface area contributed by atoms with E-state index in [1.165, 1.54) is 0 Å². The van der Waals surface area contributed by atoms with E-state index in [9.17, 15) is 0 Å². The van der Waals surface area contributed by atoms with E-state index in [0.717, 1.165) is 5.56 Å². The molecule has 8 heteroatoms. The molecule has 2 N–H and O–H groups in total. The van der Waals surface area contributed by atoms with Gasteiger partial charge in [-0.15, -0.1) is 0 Å². The minimum Gasteiger partial charge on any atom is -0.464 e. The van der Waals surface area contributed by atoms with Gasteiger partial charge in [0.15, 0.2) is 0 Å². The van der Waals surface area contributed by atoms with E-state index in [4.69, 9.17) is 4.74 Å². The lowest BCUT2D eigenvalue weighted by molar-refractivity contribution is 0.312. The van der Waals surface area contributed by atoms with E-state index in [0.29, 0.717) is 31.1 Å². The third kappa shape index (κ3) is 3.54. The van der Waals surface area contributed by atoms with Gasteiger partial charge in [-0.2, -0.15) is 20.1 Å². The van der Waals surface area contributed by atoms with Crippen LogP contribution in [0.2, 0.25) is 0 Å². The van der Waals surface area contributed by atoms with Crippen LogP contribution in [0.3, 0.4) is 0 Å². The third-order valence-electron chi connectivity index (χ3n) is 2.32. The lowest BCUT2D eigenvalue weighted by atomic mass is 10.4. The maximum absolute atomic E-state index is 5.29. The van der Waals surface area contributed by atoms with Gasteiger partial charge in [-0.05, 0) is 6.92 Å². The summed E-state index contributed by atoms with van der Waals surface area (Å²) in [4.78, 5) is 12.5. The molecule has 0 radical (unpaired) electrons. The van der Waals surface area contributed by atoms with E-state index < -0.39 is 0 Å². The van der Waals surface area contributed by atoms with Crippen LogP contribution < -0.4 is 15.4 Å². The van der Waals surface area contributed by atoms with Gasteiger partial charge < -0.3 is 15.4 Å². The highest BCUT2D eigenvalue weighted by molar-refractivity contribution is 5.35. The molecule has 19 heavy (non-hydrogen) atoms. The van der Waals surface area contributed by atoms with Crippen molar-refractivity contribution in [2.75, 3.05) is 24.3 Å². The average molecular weight is 263 g/mol. The van der Waals surface area contributed by atoms with Crippen molar-refractivity contribution in [3.63, 3.8) is 0 Å². The average Bonchev–Trinajstić information content (AvgIpc) is 2.82. The molecular formula is C11H17N7O. The van der Waals surface area contributed by atoms with Crippen LogP contribution in [0.5, 0.6) is 6.01 Å². The van der Waals surface area contributed by atoms with E-state index in [1.807, 2.05) is 20.2 Å². The smallest absolute Gasteiger partial charge is 0.323 e. The van der Waals surface area contributed by atoms with Crippen molar-refractivity contribution in [3.8, 4) is 6.01 Å². The Morgan fingerprint density at radius 2 is 2.05 bits per heavy atom. The first-order valence-corrected chi connectivity index (χ1v) is 5.99. The van der Waals surface area contributed by atoms with Crippen LogP contribution in [-0.4, -0.2) is 38.4 Å². The molecule has 0 saturated carbocycles. The van der Waals surface area contributed by atoms with Crippen LogP contribution in [0.25, 0.3) is 0 Å². The highest BCUT2D eigenvalue weighted by Crippen LogP contribution is 2.11. The summed E-state index contributed by atoms with van der Waals surface area (Å²) in [6.45, 7) is 2.98. The van der Waals surface area contributed by atoms with Crippen molar-refractivity contribution in [1.82, 2.24) is 24.7 Å². The summed E-state index contributed by atoms with van der Waals surface area (Å²) >= 11 is 0. The van der Waals surface area contributed by atoms with Crippen LogP contribution >= 0.6 is 0 Å². The van der Waals surface area contributed by atoms with E-state index in [2.05, 4.69) is 30.7 Å². The molecule has 2 aromatic heterocycles. The Kier molecular flexibility index (Phi) is 4.11. The number of aromatic nitrogens is 5. The second-order valence-corrected chi connectivity index (χ2v) is 3.82. The quantitative estimate of drug-likeness (QED) is 0.791. The predicted octanol–water partition coefficient (Wildman–Crippen LogP) is 0.658. The minimum atomic E-state index is 0.301. The van der Waals surface area contributed by atoms with Gasteiger partial charge in [0.2, 0.25) is 11.9 Å². The van der Waals surface area contributed by atoms with Gasteiger partial charge in [-0.3, -0.25) is 4.68 Å². The summed E-state index contributed by atoms with van der Waals surface area (Å²) in [6.07, 6.45) is 3.72. The summed E-state index contributed by atoms with van der Waals surface area (Å²) in [5.41, 5.74) is 1.05. The van der Waals surface area contributed by atoms with Gasteiger partial charge in [0, 0.05) is 32.4 Å². The molecule has 0 saturated heterocycles. The van der Waals surface area contributed by atoms with E-state index in [1.54, 1.807) is 17.9 Å². The summed E-state index contributed by atoms with van der Waals surface area (Å²) in [6, 6.07) is 0.301. The van der Waals surface area contributed by atoms with E-state index >= 15 is 0 Å². The molecule has 0 atom stereocenters. The lowest BCUT2D eigenvalue weighted by Crippen LogP contribution is -2.09. The fraction of sp³-hybridized carbons (Fsp3) is 0.455. The number of nitrogens with one attached hydrogen (secondary N) is 2. The first-order chi connectivity index (χ1) is 9.21. The standard InChI is InChI=1S/C11H17N7O/c1-4-19-11-16-9(12-2)15-10(17-11)13-5-8-6-14-18(3)7-8/h6-7H,4-5H2,1-3H3,(H2,12,13,15,16,17). The first kappa shape index (κ1) is 13.1.